The van der Waals surface area contributed by atoms with E-state index < -0.39 is 11.6 Å². The van der Waals surface area contributed by atoms with Gasteiger partial charge in [0.2, 0.25) is 5.67 Å². The van der Waals surface area contributed by atoms with Crippen molar-refractivity contribution in [1.29, 1.82) is 0 Å². The lowest BCUT2D eigenvalue weighted by Crippen LogP contribution is -2.26. The second-order valence-corrected chi connectivity index (χ2v) is 5.65. The molecule has 0 radical (unpaired) electrons. The van der Waals surface area contributed by atoms with Gasteiger partial charge in [-0.05, 0) is 19.1 Å². The summed E-state index contributed by atoms with van der Waals surface area (Å²) in [5, 5.41) is 9.17. The van der Waals surface area contributed by atoms with Crippen LogP contribution in [-0.4, -0.2) is 16.3 Å². The van der Waals surface area contributed by atoms with Crippen molar-refractivity contribution >= 4 is 17.7 Å². The van der Waals surface area contributed by atoms with Gasteiger partial charge in [0.25, 0.3) is 0 Å². The fourth-order valence-corrected chi connectivity index (χ4v) is 2.15. The highest BCUT2D eigenvalue weighted by Gasteiger charge is 2.35. The van der Waals surface area contributed by atoms with Gasteiger partial charge in [0, 0.05) is 15.7 Å². The van der Waals surface area contributed by atoms with E-state index in [1.54, 1.807) is 23.9 Å². The topological polar surface area (TPSA) is 37.3 Å². The fourth-order valence-electron chi connectivity index (χ4n) is 1.26. The SMILES string of the molecule is CC(C)Sc1cccc(C(C)(F)C(=O)O)c1. The van der Waals surface area contributed by atoms with Crippen LogP contribution in [0.4, 0.5) is 4.39 Å². The van der Waals surface area contributed by atoms with E-state index >= 15 is 0 Å². The molecule has 0 amide bonds. The van der Waals surface area contributed by atoms with Crippen LogP contribution in [0, 0.1) is 0 Å². The molecule has 1 atom stereocenters. The molecule has 0 fully saturated rings. The summed E-state index contributed by atoms with van der Waals surface area (Å²) in [5.74, 6) is -1.46. The van der Waals surface area contributed by atoms with Crippen LogP contribution in [0.3, 0.4) is 0 Å². The normalized spacial score (nSPS) is 14.8. The lowest BCUT2D eigenvalue weighted by atomic mass is 9.98. The van der Waals surface area contributed by atoms with E-state index in [1.807, 2.05) is 19.9 Å². The first-order valence-corrected chi connectivity index (χ1v) is 5.91. The van der Waals surface area contributed by atoms with Gasteiger partial charge in [0.15, 0.2) is 0 Å². The number of hydrogen-bond donors (Lipinski definition) is 1. The Labute approximate surface area is 98.9 Å². The zero-order chi connectivity index (χ0) is 12.3. The van der Waals surface area contributed by atoms with Crippen LogP contribution < -0.4 is 0 Å². The lowest BCUT2D eigenvalue weighted by Gasteiger charge is -2.16. The van der Waals surface area contributed by atoms with E-state index in [0.717, 1.165) is 11.8 Å². The summed E-state index contributed by atoms with van der Waals surface area (Å²) in [7, 11) is 0. The molecule has 0 bridgehead atoms. The zero-order valence-corrected chi connectivity index (χ0v) is 10.3. The van der Waals surface area contributed by atoms with Crippen molar-refractivity contribution in [2.24, 2.45) is 0 Å². The molecule has 0 saturated heterocycles. The molecule has 2 nitrogen and oxygen atoms in total. The van der Waals surface area contributed by atoms with Crippen LogP contribution in [-0.2, 0) is 10.5 Å². The zero-order valence-electron chi connectivity index (χ0n) is 9.53. The van der Waals surface area contributed by atoms with Gasteiger partial charge in [0.1, 0.15) is 0 Å². The highest BCUT2D eigenvalue weighted by Crippen LogP contribution is 2.30. The molecular formula is C12H15FO2S. The number of carboxylic acids is 1. The van der Waals surface area contributed by atoms with Crippen LogP contribution in [0.2, 0.25) is 0 Å². The number of halogens is 1. The summed E-state index contributed by atoms with van der Waals surface area (Å²) in [4.78, 5) is 11.7. The van der Waals surface area contributed by atoms with Crippen LogP contribution in [0.25, 0.3) is 0 Å². The molecule has 1 unspecified atom stereocenters. The molecule has 0 aliphatic carbocycles. The first-order valence-electron chi connectivity index (χ1n) is 5.03. The van der Waals surface area contributed by atoms with E-state index in [9.17, 15) is 9.18 Å². The molecule has 1 rings (SSSR count). The van der Waals surface area contributed by atoms with Crippen molar-refractivity contribution in [1.82, 2.24) is 0 Å². The summed E-state index contributed by atoms with van der Waals surface area (Å²) in [5.41, 5.74) is -2.14. The number of alkyl halides is 1. The Morgan fingerprint density at radius 2 is 2.12 bits per heavy atom. The fraction of sp³-hybridized carbons (Fsp3) is 0.417. The number of rotatable bonds is 4. The molecule has 1 aromatic rings. The van der Waals surface area contributed by atoms with Gasteiger partial charge in [-0.25, -0.2) is 9.18 Å². The molecule has 0 saturated carbocycles. The maximum Gasteiger partial charge on any atom is 0.345 e. The number of thioether (sulfide) groups is 1. The summed E-state index contributed by atoms with van der Waals surface area (Å²) in [6, 6.07) is 6.63. The number of hydrogen-bond acceptors (Lipinski definition) is 2. The van der Waals surface area contributed by atoms with Gasteiger partial charge in [-0.1, -0.05) is 26.0 Å². The molecule has 4 heteroatoms. The Hall–Kier alpha value is -1.03. The van der Waals surface area contributed by atoms with Gasteiger partial charge in [-0.3, -0.25) is 0 Å². The van der Waals surface area contributed by atoms with Gasteiger partial charge < -0.3 is 5.11 Å². The number of aliphatic carboxylic acids is 1. The first kappa shape index (κ1) is 13.0. The smallest absolute Gasteiger partial charge is 0.345 e. The van der Waals surface area contributed by atoms with Crippen molar-refractivity contribution in [2.75, 3.05) is 0 Å². The van der Waals surface area contributed by atoms with Crippen molar-refractivity contribution in [3.63, 3.8) is 0 Å². The minimum atomic E-state index is -2.33. The second-order valence-electron chi connectivity index (χ2n) is 4.00. The molecule has 16 heavy (non-hydrogen) atoms. The summed E-state index contributed by atoms with van der Waals surface area (Å²) in [6.07, 6.45) is 0. The molecular weight excluding hydrogens is 227 g/mol. The van der Waals surface area contributed by atoms with Gasteiger partial charge in [-0.15, -0.1) is 11.8 Å². The van der Waals surface area contributed by atoms with E-state index in [2.05, 4.69) is 0 Å². The largest absolute Gasteiger partial charge is 0.479 e. The molecule has 0 aliphatic heterocycles. The average molecular weight is 242 g/mol. The summed E-state index contributed by atoms with van der Waals surface area (Å²) >= 11 is 1.58. The maximum atomic E-state index is 13.9. The van der Waals surface area contributed by atoms with Gasteiger partial charge >= 0.3 is 5.97 Å². The predicted octanol–water partition coefficient (Wildman–Crippen LogP) is 3.46. The van der Waals surface area contributed by atoms with Crippen molar-refractivity contribution in [3.8, 4) is 0 Å². The molecule has 88 valence electrons. The predicted molar refractivity (Wildman–Crippen MR) is 63.5 cm³/mol. The minimum Gasteiger partial charge on any atom is -0.479 e. The van der Waals surface area contributed by atoms with Crippen molar-refractivity contribution < 1.29 is 14.3 Å². The minimum absolute atomic E-state index is 0.186. The molecule has 0 aliphatic rings. The molecule has 0 spiro atoms. The van der Waals surface area contributed by atoms with Crippen molar-refractivity contribution in [3.05, 3.63) is 29.8 Å². The van der Waals surface area contributed by atoms with E-state index in [-0.39, 0.29) is 5.56 Å². The van der Waals surface area contributed by atoms with E-state index in [4.69, 9.17) is 5.11 Å². The monoisotopic (exact) mass is 242 g/mol. The molecule has 0 aromatic heterocycles. The number of benzene rings is 1. The highest BCUT2D eigenvalue weighted by molar-refractivity contribution is 7.99. The Kier molecular flexibility index (Phi) is 3.97. The molecule has 1 N–H and O–H groups in total. The van der Waals surface area contributed by atoms with Crippen molar-refractivity contribution in [2.45, 2.75) is 36.6 Å². The number of carboxylic acid groups (broad SMARTS) is 1. The Balaban J connectivity index is 3.03. The van der Waals surface area contributed by atoms with E-state index in [1.165, 1.54) is 6.07 Å². The Morgan fingerprint density at radius 3 is 2.62 bits per heavy atom. The van der Waals surface area contributed by atoms with Gasteiger partial charge in [-0.2, -0.15) is 0 Å². The van der Waals surface area contributed by atoms with Crippen LogP contribution in [0.5, 0.6) is 0 Å². The third kappa shape index (κ3) is 2.98. The molecule has 0 heterocycles. The van der Waals surface area contributed by atoms with Crippen LogP contribution >= 0.6 is 11.8 Å². The van der Waals surface area contributed by atoms with Crippen LogP contribution in [0.1, 0.15) is 26.3 Å². The van der Waals surface area contributed by atoms with Crippen LogP contribution in [0.15, 0.2) is 29.2 Å². The lowest BCUT2D eigenvalue weighted by molar-refractivity contribution is -0.150. The third-order valence-corrected chi connectivity index (χ3v) is 3.15. The molecule has 1 aromatic carbocycles. The van der Waals surface area contributed by atoms with Gasteiger partial charge in [0.05, 0.1) is 0 Å². The quantitative estimate of drug-likeness (QED) is 0.822. The third-order valence-electron chi connectivity index (χ3n) is 2.15. The standard InChI is InChI=1S/C12H15FO2S/c1-8(2)16-10-6-4-5-9(7-10)12(3,13)11(14)15/h4-8H,1-3H3,(H,14,15). The summed E-state index contributed by atoms with van der Waals surface area (Å²) in [6.45, 7) is 5.13. The number of carbonyl (C=O) groups is 1. The second kappa shape index (κ2) is 4.87. The summed E-state index contributed by atoms with van der Waals surface area (Å²) < 4.78 is 13.9. The Morgan fingerprint density at radius 1 is 1.50 bits per heavy atom. The average Bonchev–Trinajstić information content (AvgIpc) is 2.16. The highest BCUT2D eigenvalue weighted by atomic mass is 32.2. The van der Waals surface area contributed by atoms with E-state index in [0.29, 0.717) is 5.25 Å². The maximum absolute atomic E-state index is 13.9. The first-order chi connectivity index (χ1) is 7.34. The Bertz CT molecular complexity index is 388.